The third-order valence-corrected chi connectivity index (χ3v) is 3.97. The van der Waals surface area contributed by atoms with E-state index < -0.39 is 6.09 Å². The van der Waals surface area contributed by atoms with Gasteiger partial charge in [0, 0.05) is 12.2 Å². The van der Waals surface area contributed by atoms with Gasteiger partial charge in [-0.25, -0.2) is 4.79 Å². The van der Waals surface area contributed by atoms with Gasteiger partial charge >= 0.3 is 6.09 Å². The van der Waals surface area contributed by atoms with Crippen molar-refractivity contribution in [2.24, 2.45) is 0 Å². The molecular formula is C21H20N2O4. The van der Waals surface area contributed by atoms with Crippen molar-refractivity contribution in [3.63, 3.8) is 0 Å². The van der Waals surface area contributed by atoms with Crippen LogP contribution in [-0.2, 0) is 16.1 Å². The highest BCUT2D eigenvalue weighted by molar-refractivity contribution is 5.85. The van der Waals surface area contributed by atoms with Crippen molar-refractivity contribution in [1.82, 2.24) is 5.32 Å². The lowest BCUT2D eigenvalue weighted by Crippen LogP contribution is -2.28. The SMILES string of the molecule is COC(=O)Nc1ccc(CNC(=O)COc2ccc3ccccc3c2)cc1. The van der Waals surface area contributed by atoms with Crippen LogP contribution in [0.15, 0.2) is 66.7 Å². The first kappa shape index (κ1) is 18.3. The van der Waals surface area contributed by atoms with Crippen molar-refractivity contribution in [3.05, 3.63) is 72.3 Å². The molecule has 2 amide bonds. The Bertz CT molecular complexity index is 938. The summed E-state index contributed by atoms with van der Waals surface area (Å²) in [7, 11) is 1.30. The van der Waals surface area contributed by atoms with E-state index in [0.29, 0.717) is 18.0 Å². The summed E-state index contributed by atoms with van der Waals surface area (Å²) in [5.41, 5.74) is 1.53. The molecule has 0 aromatic heterocycles. The second kappa shape index (κ2) is 8.71. The van der Waals surface area contributed by atoms with E-state index in [2.05, 4.69) is 15.4 Å². The van der Waals surface area contributed by atoms with Crippen LogP contribution in [-0.4, -0.2) is 25.7 Å². The molecule has 0 bridgehead atoms. The number of carbonyl (C=O) groups excluding carboxylic acids is 2. The normalized spacial score (nSPS) is 10.3. The van der Waals surface area contributed by atoms with Crippen molar-refractivity contribution in [3.8, 4) is 5.75 Å². The summed E-state index contributed by atoms with van der Waals surface area (Å²) in [6.45, 7) is 0.318. The van der Waals surface area contributed by atoms with E-state index >= 15 is 0 Å². The van der Waals surface area contributed by atoms with E-state index in [4.69, 9.17) is 4.74 Å². The first-order valence-electron chi connectivity index (χ1n) is 8.46. The van der Waals surface area contributed by atoms with Crippen LogP contribution in [0.1, 0.15) is 5.56 Å². The smallest absolute Gasteiger partial charge is 0.411 e. The van der Waals surface area contributed by atoms with Crippen molar-refractivity contribution in [1.29, 1.82) is 0 Å². The van der Waals surface area contributed by atoms with Crippen LogP contribution in [0.3, 0.4) is 0 Å². The Hall–Kier alpha value is -3.54. The van der Waals surface area contributed by atoms with E-state index in [1.807, 2.05) is 54.6 Å². The van der Waals surface area contributed by atoms with Crippen LogP contribution in [0.5, 0.6) is 5.75 Å². The summed E-state index contributed by atoms with van der Waals surface area (Å²) >= 11 is 0. The van der Waals surface area contributed by atoms with Gasteiger partial charge in [-0.2, -0.15) is 0 Å². The van der Waals surface area contributed by atoms with Crippen LogP contribution in [0.4, 0.5) is 10.5 Å². The van der Waals surface area contributed by atoms with Gasteiger partial charge in [-0.3, -0.25) is 10.1 Å². The number of amides is 2. The third kappa shape index (κ3) is 5.22. The number of hydrogen-bond acceptors (Lipinski definition) is 4. The summed E-state index contributed by atoms with van der Waals surface area (Å²) < 4.78 is 10.1. The average molecular weight is 364 g/mol. The molecule has 0 unspecified atom stereocenters. The fraction of sp³-hybridized carbons (Fsp3) is 0.143. The van der Waals surface area contributed by atoms with Gasteiger partial charge in [0.25, 0.3) is 5.91 Å². The number of fused-ring (bicyclic) bond motifs is 1. The van der Waals surface area contributed by atoms with E-state index in [-0.39, 0.29) is 12.5 Å². The number of nitrogens with one attached hydrogen (secondary N) is 2. The van der Waals surface area contributed by atoms with Gasteiger partial charge in [-0.1, -0.05) is 42.5 Å². The Kier molecular flexibility index (Phi) is 5.89. The summed E-state index contributed by atoms with van der Waals surface area (Å²) in [6.07, 6.45) is -0.526. The number of anilines is 1. The number of hydrogen-bond donors (Lipinski definition) is 2. The number of rotatable bonds is 6. The zero-order valence-corrected chi connectivity index (χ0v) is 14.9. The topological polar surface area (TPSA) is 76.7 Å². The maximum atomic E-state index is 12.0. The molecule has 3 aromatic rings. The largest absolute Gasteiger partial charge is 0.484 e. The minimum atomic E-state index is -0.526. The molecule has 3 rings (SSSR count). The molecule has 0 aliphatic heterocycles. The monoisotopic (exact) mass is 364 g/mol. The first-order chi connectivity index (χ1) is 13.1. The Labute approximate surface area is 157 Å². The molecule has 0 fully saturated rings. The molecule has 0 aliphatic carbocycles. The van der Waals surface area contributed by atoms with Crippen LogP contribution < -0.4 is 15.4 Å². The Morgan fingerprint density at radius 2 is 1.67 bits per heavy atom. The van der Waals surface area contributed by atoms with E-state index in [1.165, 1.54) is 7.11 Å². The highest BCUT2D eigenvalue weighted by Crippen LogP contribution is 2.20. The van der Waals surface area contributed by atoms with Crippen molar-refractivity contribution in [2.75, 3.05) is 19.0 Å². The number of carbonyl (C=O) groups is 2. The molecule has 0 atom stereocenters. The van der Waals surface area contributed by atoms with Gasteiger partial charge in [0.1, 0.15) is 5.75 Å². The minimum Gasteiger partial charge on any atom is -0.484 e. The zero-order valence-electron chi connectivity index (χ0n) is 14.9. The molecule has 0 saturated carbocycles. The lowest BCUT2D eigenvalue weighted by atomic mass is 10.1. The maximum absolute atomic E-state index is 12.0. The fourth-order valence-electron chi connectivity index (χ4n) is 2.53. The predicted octanol–water partition coefficient (Wildman–Crippen LogP) is 3.71. The van der Waals surface area contributed by atoms with Crippen LogP contribution in [0, 0.1) is 0 Å². The molecule has 6 heteroatoms. The third-order valence-electron chi connectivity index (χ3n) is 3.97. The van der Waals surface area contributed by atoms with E-state index in [0.717, 1.165) is 16.3 Å². The predicted molar refractivity (Wildman–Crippen MR) is 104 cm³/mol. The lowest BCUT2D eigenvalue weighted by Gasteiger charge is -2.09. The highest BCUT2D eigenvalue weighted by Gasteiger charge is 2.05. The average Bonchev–Trinajstić information content (AvgIpc) is 2.71. The molecule has 6 nitrogen and oxygen atoms in total. The number of ether oxygens (including phenoxy) is 2. The summed E-state index contributed by atoms with van der Waals surface area (Å²) in [5, 5.41) is 7.56. The summed E-state index contributed by atoms with van der Waals surface area (Å²) in [6, 6.07) is 20.8. The van der Waals surface area contributed by atoms with Gasteiger partial charge < -0.3 is 14.8 Å². The molecule has 3 aromatic carbocycles. The van der Waals surface area contributed by atoms with Gasteiger partial charge in [-0.15, -0.1) is 0 Å². The van der Waals surface area contributed by atoms with Crippen molar-refractivity contribution in [2.45, 2.75) is 6.54 Å². The summed E-state index contributed by atoms with van der Waals surface area (Å²) in [5.74, 6) is 0.446. The molecule has 0 spiro atoms. The maximum Gasteiger partial charge on any atom is 0.411 e. The lowest BCUT2D eigenvalue weighted by molar-refractivity contribution is -0.123. The van der Waals surface area contributed by atoms with Gasteiger partial charge in [0.05, 0.1) is 7.11 Å². The van der Waals surface area contributed by atoms with E-state index in [1.54, 1.807) is 12.1 Å². The number of methoxy groups -OCH3 is 1. The molecular weight excluding hydrogens is 344 g/mol. The van der Waals surface area contributed by atoms with Gasteiger partial charge in [0.2, 0.25) is 0 Å². The van der Waals surface area contributed by atoms with Crippen LogP contribution in [0.25, 0.3) is 10.8 Å². The first-order valence-corrected chi connectivity index (χ1v) is 8.46. The Morgan fingerprint density at radius 3 is 2.41 bits per heavy atom. The zero-order chi connectivity index (χ0) is 19.1. The molecule has 138 valence electrons. The molecule has 2 N–H and O–H groups in total. The highest BCUT2D eigenvalue weighted by atomic mass is 16.5. The van der Waals surface area contributed by atoms with Gasteiger partial charge in [-0.05, 0) is 40.6 Å². The molecule has 27 heavy (non-hydrogen) atoms. The Balaban J connectivity index is 1.47. The van der Waals surface area contributed by atoms with Gasteiger partial charge in [0.15, 0.2) is 6.61 Å². The van der Waals surface area contributed by atoms with E-state index in [9.17, 15) is 9.59 Å². The van der Waals surface area contributed by atoms with Crippen molar-refractivity contribution >= 4 is 28.5 Å². The minimum absolute atomic E-state index is 0.0552. The number of benzene rings is 3. The second-order valence-electron chi connectivity index (χ2n) is 5.89. The van der Waals surface area contributed by atoms with Crippen LogP contribution >= 0.6 is 0 Å². The molecule has 0 heterocycles. The quantitative estimate of drug-likeness (QED) is 0.699. The summed E-state index contributed by atoms with van der Waals surface area (Å²) in [4.78, 5) is 23.1. The van der Waals surface area contributed by atoms with Crippen LogP contribution in [0.2, 0.25) is 0 Å². The molecule has 0 aliphatic rings. The standard InChI is InChI=1S/C21H20N2O4/c1-26-21(25)23-18-9-6-15(7-10-18)13-22-20(24)14-27-19-11-8-16-4-2-3-5-17(16)12-19/h2-12H,13-14H2,1H3,(H,22,24)(H,23,25). The molecule has 0 radical (unpaired) electrons. The molecule has 0 saturated heterocycles. The fourth-order valence-corrected chi connectivity index (χ4v) is 2.53. The second-order valence-corrected chi connectivity index (χ2v) is 5.89. The Morgan fingerprint density at radius 1 is 0.926 bits per heavy atom. The van der Waals surface area contributed by atoms with Crippen molar-refractivity contribution < 1.29 is 19.1 Å².